The van der Waals surface area contributed by atoms with Gasteiger partial charge in [-0.15, -0.1) is 0 Å². The molecule has 0 N–H and O–H groups in total. The molecule has 38 heavy (non-hydrogen) atoms. The lowest BCUT2D eigenvalue weighted by atomic mass is 10.1. The summed E-state index contributed by atoms with van der Waals surface area (Å²) in [4.78, 5) is 15.5. The number of rotatable bonds is 5. The average molecular weight is 490 g/mol. The van der Waals surface area contributed by atoms with Crippen LogP contribution in [0, 0.1) is 0 Å². The predicted octanol–water partition coefficient (Wildman–Crippen LogP) is 8.11. The monoisotopic (exact) mass is 489 g/mol. The average Bonchev–Trinajstić information content (AvgIpc) is 3.33. The molecule has 0 aliphatic rings. The van der Waals surface area contributed by atoms with Crippen LogP contribution in [0.2, 0.25) is 0 Å². The first-order chi connectivity index (χ1) is 18.9. The number of pyridine rings is 1. The van der Waals surface area contributed by atoms with Gasteiger partial charge in [-0.05, 0) is 78.9 Å². The molecule has 3 heterocycles. The number of nitrogens with zero attached hydrogens (tertiary/aromatic N) is 5. The molecule has 0 unspecified atom stereocenters. The van der Waals surface area contributed by atoms with Crippen molar-refractivity contribution in [2.45, 2.75) is 0 Å². The van der Waals surface area contributed by atoms with Crippen molar-refractivity contribution in [3.63, 3.8) is 0 Å². The van der Waals surface area contributed by atoms with Gasteiger partial charge in [-0.25, -0.2) is 9.97 Å². The largest absolute Gasteiger partial charge is 0.310 e. The van der Waals surface area contributed by atoms with Crippen molar-refractivity contribution in [3.8, 4) is 17.1 Å². The number of anilines is 3. The molecule has 0 saturated carbocycles. The van der Waals surface area contributed by atoms with Gasteiger partial charge in [-0.2, -0.15) is 0 Å². The summed E-state index contributed by atoms with van der Waals surface area (Å²) in [6.07, 6.45) is 7.34. The molecule has 0 fully saturated rings. The molecule has 0 aliphatic heterocycles. The maximum atomic E-state index is 4.47. The van der Waals surface area contributed by atoms with E-state index >= 15 is 0 Å². The number of benzene rings is 4. The summed E-state index contributed by atoms with van der Waals surface area (Å²) >= 11 is 0. The second-order valence-electron chi connectivity index (χ2n) is 9.06. The third kappa shape index (κ3) is 3.78. The highest BCUT2D eigenvalue weighted by Crippen LogP contribution is 2.39. The van der Waals surface area contributed by atoms with Crippen LogP contribution in [0.5, 0.6) is 0 Å². The molecular weight excluding hydrogens is 466 g/mol. The fourth-order valence-electron chi connectivity index (χ4n) is 5.08. The molecule has 7 aromatic rings. The Labute approximate surface area is 220 Å². The van der Waals surface area contributed by atoms with Crippen LogP contribution in [0.15, 0.2) is 140 Å². The summed E-state index contributed by atoms with van der Waals surface area (Å²) in [7, 11) is 0. The normalized spacial score (nSPS) is 11.2. The van der Waals surface area contributed by atoms with E-state index in [4.69, 9.17) is 0 Å². The molecule has 0 bridgehead atoms. The Kier molecular flexibility index (Phi) is 5.37. The number of hydrogen-bond donors (Lipinski definition) is 0. The van der Waals surface area contributed by atoms with E-state index in [1.807, 2.05) is 30.6 Å². The Morgan fingerprint density at radius 2 is 1.18 bits per heavy atom. The molecule has 180 valence electrons. The molecule has 0 aliphatic carbocycles. The van der Waals surface area contributed by atoms with E-state index in [0.29, 0.717) is 0 Å². The molecule has 7 rings (SSSR count). The zero-order chi connectivity index (χ0) is 25.3. The zero-order valence-corrected chi connectivity index (χ0v) is 20.5. The lowest BCUT2D eigenvalue weighted by Crippen LogP contribution is -2.09. The Morgan fingerprint density at radius 3 is 1.87 bits per heavy atom. The minimum Gasteiger partial charge on any atom is -0.310 e. The number of aromatic nitrogens is 4. The molecule has 3 aromatic heterocycles. The molecule has 0 saturated heterocycles. The SMILES string of the molecule is c1ccc(N(c2ccccc2)c2ccc3c(c2)c2cnccc2n3-c2ccc(-c3ncccn3)cc2)cc1. The first-order valence-corrected chi connectivity index (χ1v) is 12.5. The summed E-state index contributed by atoms with van der Waals surface area (Å²) in [6.45, 7) is 0. The van der Waals surface area contributed by atoms with Gasteiger partial charge in [-0.1, -0.05) is 36.4 Å². The number of para-hydroxylation sites is 2. The van der Waals surface area contributed by atoms with E-state index < -0.39 is 0 Å². The van der Waals surface area contributed by atoms with Crippen LogP contribution >= 0.6 is 0 Å². The minimum atomic E-state index is 0.719. The fraction of sp³-hybridized carbons (Fsp3) is 0. The van der Waals surface area contributed by atoms with Crippen LogP contribution in [0.1, 0.15) is 0 Å². The second kappa shape index (κ2) is 9.30. The van der Waals surface area contributed by atoms with Gasteiger partial charge < -0.3 is 9.47 Å². The maximum absolute atomic E-state index is 4.47. The molecule has 0 amide bonds. The highest BCUT2D eigenvalue weighted by molar-refractivity contribution is 6.10. The third-order valence-corrected chi connectivity index (χ3v) is 6.79. The van der Waals surface area contributed by atoms with Gasteiger partial charge in [-0.3, -0.25) is 4.98 Å². The van der Waals surface area contributed by atoms with Crippen molar-refractivity contribution in [1.29, 1.82) is 0 Å². The van der Waals surface area contributed by atoms with E-state index in [-0.39, 0.29) is 0 Å². The van der Waals surface area contributed by atoms with E-state index in [9.17, 15) is 0 Å². The third-order valence-electron chi connectivity index (χ3n) is 6.79. The lowest BCUT2D eigenvalue weighted by Gasteiger charge is -2.25. The molecule has 0 radical (unpaired) electrons. The predicted molar refractivity (Wildman–Crippen MR) is 154 cm³/mol. The van der Waals surface area contributed by atoms with Crippen molar-refractivity contribution in [2.24, 2.45) is 0 Å². The summed E-state index contributed by atoms with van der Waals surface area (Å²) in [5.41, 5.74) is 7.61. The standard InChI is InChI=1S/C33H23N5/c1-3-8-25(9-4-1)37(26-10-5-2-6-11-26)28-16-17-31-29(22-28)30-23-34-21-18-32(30)38(31)27-14-12-24(13-15-27)33-35-19-7-20-36-33/h1-23H. The van der Waals surface area contributed by atoms with E-state index in [2.05, 4.69) is 121 Å². The fourth-order valence-corrected chi connectivity index (χ4v) is 5.08. The lowest BCUT2D eigenvalue weighted by molar-refractivity contribution is 1.16. The van der Waals surface area contributed by atoms with Gasteiger partial charge in [0.2, 0.25) is 0 Å². The van der Waals surface area contributed by atoms with Crippen molar-refractivity contribution in [3.05, 3.63) is 140 Å². The van der Waals surface area contributed by atoms with Gasteiger partial charge >= 0.3 is 0 Å². The Bertz CT molecular complexity index is 1810. The van der Waals surface area contributed by atoms with Crippen LogP contribution in [0.25, 0.3) is 38.9 Å². The molecule has 0 atom stereocenters. The van der Waals surface area contributed by atoms with Crippen LogP contribution in [0.4, 0.5) is 17.1 Å². The zero-order valence-electron chi connectivity index (χ0n) is 20.5. The van der Waals surface area contributed by atoms with Gasteiger partial charge in [0.15, 0.2) is 5.82 Å². The van der Waals surface area contributed by atoms with Crippen molar-refractivity contribution in [1.82, 2.24) is 19.5 Å². The topological polar surface area (TPSA) is 46.8 Å². The van der Waals surface area contributed by atoms with Gasteiger partial charge in [0.1, 0.15) is 0 Å². The Hall–Kier alpha value is -5.29. The summed E-state index contributed by atoms with van der Waals surface area (Å²) in [5.74, 6) is 0.719. The quantitative estimate of drug-likeness (QED) is 0.245. The Balaban J connectivity index is 1.40. The molecule has 5 heteroatoms. The highest BCUT2D eigenvalue weighted by Gasteiger charge is 2.17. The van der Waals surface area contributed by atoms with E-state index in [1.54, 1.807) is 12.4 Å². The van der Waals surface area contributed by atoms with Gasteiger partial charge in [0, 0.05) is 63.9 Å². The van der Waals surface area contributed by atoms with Gasteiger partial charge in [0.25, 0.3) is 0 Å². The second-order valence-corrected chi connectivity index (χ2v) is 9.06. The highest BCUT2D eigenvalue weighted by atomic mass is 15.1. The van der Waals surface area contributed by atoms with E-state index in [0.717, 1.165) is 55.9 Å². The summed E-state index contributed by atoms with van der Waals surface area (Å²) in [6, 6.07) is 39.9. The Morgan fingerprint density at radius 1 is 0.526 bits per heavy atom. The van der Waals surface area contributed by atoms with Crippen LogP contribution in [0.3, 0.4) is 0 Å². The summed E-state index contributed by atoms with van der Waals surface area (Å²) in [5, 5.41) is 2.26. The number of fused-ring (bicyclic) bond motifs is 3. The molecule has 4 aromatic carbocycles. The smallest absolute Gasteiger partial charge is 0.159 e. The molecular formula is C33H23N5. The van der Waals surface area contributed by atoms with Crippen LogP contribution in [-0.2, 0) is 0 Å². The van der Waals surface area contributed by atoms with Crippen molar-refractivity contribution in [2.75, 3.05) is 4.90 Å². The first kappa shape index (κ1) is 21.9. The van der Waals surface area contributed by atoms with E-state index in [1.165, 1.54) is 0 Å². The van der Waals surface area contributed by atoms with Crippen LogP contribution in [-0.4, -0.2) is 19.5 Å². The van der Waals surface area contributed by atoms with Crippen LogP contribution < -0.4 is 4.90 Å². The molecule has 5 nitrogen and oxygen atoms in total. The van der Waals surface area contributed by atoms with Crippen molar-refractivity contribution < 1.29 is 0 Å². The molecule has 0 spiro atoms. The maximum Gasteiger partial charge on any atom is 0.159 e. The van der Waals surface area contributed by atoms with Crippen molar-refractivity contribution >= 4 is 38.9 Å². The van der Waals surface area contributed by atoms with Gasteiger partial charge in [0.05, 0.1) is 11.0 Å². The first-order valence-electron chi connectivity index (χ1n) is 12.5. The number of hydrogen-bond acceptors (Lipinski definition) is 4. The summed E-state index contributed by atoms with van der Waals surface area (Å²) < 4.78 is 2.29. The minimum absolute atomic E-state index is 0.719.